The Balaban J connectivity index is 1.28. The fourth-order valence-electron chi connectivity index (χ4n) is 7.71. The van der Waals surface area contributed by atoms with E-state index >= 15 is 4.39 Å². The molecule has 2 saturated heterocycles. The summed E-state index contributed by atoms with van der Waals surface area (Å²) in [6, 6.07) is 2.26. The molecule has 4 N–H and O–H groups in total. The van der Waals surface area contributed by atoms with Gasteiger partial charge in [-0.05, 0) is 38.0 Å². The van der Waals surface area contributed by atoms with Crippen molar-refractivity contribution < 1.29 is 32.9 Å². The number of nitrogens with zero attached hydrogens (tertiary/aromatic N) is 5. The summed E-state index contributed by atoms with van der Waals surface area (Å²) in [5, 5.41) is 15.8. The van der Waals surface area contributed by atoms with Gasteiger partial charge in [0.15, 0.2) is 10.9 Å². The fourth-order valence-corrected chi connectivity index (χ4v) is 8.48. The molecular formula is C35H39F2N7O5S. The first-order chi connectivity index (χ1) is 24.1. The number of pyridine rings is 2. The van der Waals surface area contributed by atoms with Crippen molar-refractivity contribution in [2.24, 2.45) is 5.41 Å². The van der Waals surface area contributed by atoms with Crippen molar-refractivity contribution >= 4 is 49.2 Å². The molecule has 1 unspecified atom stereocenters. The Morgan fingerprint density at radius 1 is 1.18 bits per heavy atom. The summed E-state index contributed by atoms with van der Waals surface area (Å²) < 4.78 is 50.1. The molecule has 0 spiro atoms. The standard InChI is InChI=1S/C35H39F2N7O5S/c1-3-24(45)40-19-16-44(10-13-48-17-19)30-21-15-39-27(20-4-5-22(36)31-29(20)42-33(38)50-31)26(37)28(21)41-32-25(30)34(2,46)14-23(49-32)35(6-7-35)18-43-8-11-47-12-9-43/h3-5,15,19,23,46H,1,6-14,16-18H2,2H3,(H2,38,42)(H,40,45)/t19?,23-,34-/m1/s1. The summed E-state index contributed by atoms with van der Waals surface area (Å²) in [5.41, 5.74) is 5.69. The molecular weight excluding hydrogens is 668 g/mol. The molecule has 8 rings (SSSR count). The highest BCUT2D eigenvalue weighted by molar-refractivity contribution is 7.22. The van der Waals surface area contributed by atoms with Gasteiger partial charge in [0, 0.05) is 61.7 Å². The van der Waals surface area contributed by atoms with Gasteiger partial charge < -0.3 is 35.3 Å². The van der Waals surface area contributed by atoms with Crippen LogP contribution in [0, 0.1) is 17.0 Å². The number of carbonyl (C=O) groups is 1. The zero-order valence-electron chi connectivity index (χ0n) is 27.7. The van der Waals surface area contributed by atoms with Gasteiger partial charge >= 0.3 is 0 Å². The number of anilines is 2. The van der Waals surface area contributed by atoms with Crippen LogP contribution in [0.4, 0.5) is 19.6 Å². The van der Waals surface area contributed by atoms with Crippen molar-refractivity contribution in [3.05, 3.63) is 48.2 Å². The lowest BCUT2D eigenvalue weighted by Crippen LogP contribution is -2.49. The van der Waals surface area contributed by atoms with Gasteiger partial charge in [0.05, 0.1) is 59.5 Å². The number of nitrogen functional groups attached to an aromatic ring is 1. The second-order valence-corrected chi connectivity index (χ2v) is 14.9. The lowest BCUT2D eigenvalue weighted by molar-refractivity contribution is -0.117. The van der Waals surface area contributed by atoms with Crippen LogP contribution < -0.4 is 20.7 Å². The van der Waals surface area contributed by atoms with Gasteiger partial charge in [-0.2, -0.15) is 0 Å². The van der Waals surface area contributed by atoms with E-state index in [0.29, 0.717) is 56.0 Å². The minimum Gasteiger partial charge on any atom is -0.473 e. The number of nitrogens with two attached hydrogens (primary N) is 1. The number of rotatable bonds is 7. The van der Waals surface area contributed by atoms with Crippen LogP contribution in [0.25, 0.3) is 32.4 Å². The van der Waals surface area contributed by atoms with E-state index in [0.717, 1.165) is 43.8 Å². The number of hydrogen-bond donors (Lipinski definition) is 3. The van der Waals surface area contributed by atoms with Crippen LogP contribution in [-0.2, 0) is 19.9 Å². The SMILES string of the molecule is C=CC(=O)NC1COCCN(c2c3c(nc4c(F)c(-c5ccc(F)c6sc(N)nc56)ncc24)O[C@@H](C2(CN4CCOCC4)CC2)C[C@@]3(C)O)C1. The number of morpholine rings is 1. The van der Waals surface area contributed by atoms with Crippen LogP contribution in [-0.4, -0.2) is 102 Å². The van der Waals surface area contributed by atoms with E-state index in [1.165, 1.54) is 24.4 Å². The predicted octanol–water partition coefficient (Wildman–Crippen LogP) is 3.75. The van der Waals surface area contributed by atoms with Crippen molar-refractivity contribution in [3.63, 3.8) is 0 Å². The molecule has 12 nitrogen and oxygen atoms in total. The Morgan fingerprint density at radius 3 is 2.72 bits per heavy atom. The monoisotopic (exact) mass is 707 g/mol. The molecule has 4 aliphatic rings. The molecule has 3 atom stereocenters. The van der Waals surface area contributed by atoms with Gasteiger partial charge in [0.1, 0.15) is 23.1 Å². The number of nitrogens with one attached hydrogen (secondary N) is 1. The highest BCUT2D eigenvalue weighted by Crippen LogP contribution is 2.57. The van der Waals surface area contributed by atoms with Gasteiger partial charge in [-0.3, -0.25) is 14.7 Å². The molecule has 1 aliphatic carbocycles. The number of thiazole rings is 1. The van der Waals surface area contributed by atoms with Gasteiger partial charge in [-0.1, -0.05) is 17.9 Å². The van der Waals surface area contributed by atoms with E-state index in [9.17, 15) is 14.3 Å². The number of carbonyl (C=O) groups excluding carboxylic acids is 1. The van der Waals surface area contributed by atoms with Crippen molar-refractivity contribution in [3.8, 4) is 17.1 Å². The smallest absolute Gasteiger partial charge is 0.243 e. The highest BCUT2D eigenvalue weighted by Gasteiger charge is 2.56. The van der Waals surface area contributed by atoms with Gasteiger partial charge in [0.25, 0.3) is 0 Å². The summed E-state index contributed by atoms with van der Waals surface area (Å²) in [7, 11) is 0. The van der Waals surface area contributed by atoms with Crippen LogP contribution in [0.5, 0.6) is 5.88 Å². The average molecular weight is 708 g/mol. The summed E-state index contributed by atoms with van der Waals surface area (Å²) in [4.78, 5) is 30.3. The minimum atomic E-state index is -1.40. The van der Waals surface area contributed by atoms with Gasteiger partial charge in [0.2, 0.25) is 11.8 Å². The lowest BCUT2D eigenvalue weighted by Gasteiger charge is -2.43. The second-order valence-electron chi connectivity index (χ2n) is 13.9. The minimum absolute atomic E-state index is 0.0178. The number of amides is 1. The maximum Gasteiger partial charge on any atom is 0.243 e. The topological polar surface area (TPSA) is 148 Å². The Kier molecular flexibility index (Phi) is 8.38. The average Bonchev–Trinajstić information content (AvgIpc) is 3.82. The fraction of sp³-hybridized carbons (Fsp3) is 0.486. The molecule has 0 bridgehead atoms. The Morgan fingerprint density at radius 2 is 1.96 bits per heavy atom. The number of halogens is 2. The van der Waals surface area contributed by atoms with Crippen LogP contribution in [0.15, 0.2) is 31.0 Å². The van der Waals surface area contributed by atoms with Crippen molar-refractivity contribution in [2.75, 3.05) is 69.8 Å². The van der Waals surface area contributed by atoms with Crippen LogP contribution in [0.2, 0.25) is 0 Å². The number of aliphatic hydroxyl groups is 1. The van der Waals surface area contributed by atoms with Crippen molar-refractivity contribution in [1.29, 1.82) is 0 Å². The zero-order chi connectivity index (χ0) is 34.8. The molecule has 6 heterocycles. The first-order valence-corrected chi connectivity index (χ1v) is 17.7. The Bertz CT molecular complexity index is 2000. The summed E-state index contributed by atoms with van der Waals surface area (Å²) in [5.74, 6) is -1.45. The zero-order valence-corrected chi connectivity index (χ0v) is 28.5. The molecule has 50 heavy (non-hydrogen) atoms. The maximum atomic E-state index is 17.0. The van der Waals surface area contributed by atoms with E-state index in [-0.39, 0.29) is 62.0 Å². The van der Waals surface area contributed by atoms with Crippen molar-refractivity contribution in [1.82, 2.24) is 25.2 Å². The molecule has 1 aromatic carbocycles. The van der Waals surface area contributed by atoms with E-state index < -0.39 is 23.3 Å². The number of hydrogen-bond acceptors (Lipinski definition) is 12. The molecule has 1 amide bonds. The summed E-state index contributed by atoms with van der Waals surface area (Å²) in [6.07, 6.45) is 4.55. The largest absolute Gasteiger partial charge is 0.473 e. The second kappa shape index (κ2) is 12.6. The third-order valence-corrected chi connectivity index (χ3v) is 11.3. The number of benzene rings is 1. The van der Waals surface area contributed by atoms with Crippen LogP contribution >= 0.6 is 11.3 Å². The van der Waals surface area contributed by atoms with E-state index in [1.54, 1.807) is 6.92 Å². The molecule has 264 valence electrons. The quantitative estimate of drug-likeness (QED) is 0.241. The van der Waals surface area contributed by atoms with Crippen LogP contribution in [0.3, 0.4) is 0 Å². The van der Waals surface area contributed by atoms with E-state index in [2.05, 4.69) is 26.8 Å². The molecule has 1 saturated carbocycles. The van der Waals surface area contributed by atoms with Gasteiger partial charge in [-0.15, -0.1) is 0 Å². The summed E-state index contributed by atoms with van der Waals surface area (Å²) >= 11 is 0.978. The summed E-state index contributed by atoms with van der Waals surface area (Å²) in [6.45, 7) is 10.4. The lowest BCUT2D eigenvalue weighted by atomic mass is 9.80. The molecule has 3 fully saturated rings. The number of ether oxygens (including phenoxy) is 3. The third kappa shape index (κ3) is 5.84. The third-order valence-electron chi connectivity index (χ3n) is 10.4. The Labute approximate surface area is 291 Å². The maximum absolute atomic E-state index is 17.0. The Hall–Kier alpha value is -4.02. The van der Waals surface area contributed by atoms with Crippen molar-refractivity contribution in [2.45, 2.75) is 43.9 Å². The molecule has 3 aromatic heterocycles. The first kappa shape index (κ1) is 33.1. The van der Waals surface area contributed by atoms with Gasteiger partial charge in [-0.25, -0.2) is 18.7 Å². The normalized spacial score (nSPS) is 25.2. The highest BCUT2D eigenvalue weighted by atomic mass is 32.1. The molecule has 4 aromatic rings. The van der Waals surface area contributed by atoms with E-state index in [4.69, 9.17) is 24.9 Å². The molecule has 0 radical (unpaired) electrons. The first-order valence-electron chi connectivity index (χ1n) is 16.9. The predicted molar refractivity (Wildman–Crippen MR) is 185 cm³/mol. The number of fused-ring (bicyclic) bond motifs is 3. The molecule has 3 aliphatic heterocycles. The number of aromatic nitrogens is 3. The van der Waals surface area contributed by atoms with Crippen LogP contribution in [0.1, 0.15) is 31.7 Å². The van der Waals surface area contributed by atoms with E-state index in [1.807, 2.05) is 4.90 Å². The molecule has 15 heteroatoms.